The maximum Gasteiger partial charge on any atom is 0.114 e. The number of methoxy groups -OCH3 is 1. The van der Waals surface area contributed by atoms with Crippen LogP contribution >= 0.6 is 0 Å². The summed E-state index contributed by atoms with van der Waals surface area (Å²) in [5.41, 5.74) is 2.49. The summed E-state index contributed by atoms with van der Waals surface area (Å²) in [6, 6.07) is 8.40. The Balaban J connectivity index is 2.18. The number of fused-ring (bicyclic) bond motifs is 1. The normalized spacial score (nSPS) is 12.9. The summed E-state index contributed by atoms with van der Waals surface area (Å²) in [5, 5.41) is 1.28. The number of rotatable bonds is 8. The highest BCUT2D eigenvalue weighted by Crippen LogP contribution is 2.20. The monoisotopic (exact) mass is 272 g/mol. The molecule has 0 aliphatic heterocycles. The van der Waals surface area contributed by atoms with E-state index in [2.05, 4.69) is 53.8 Å². The molecular weight excluding hydrogens is 248 g/mol. The van der Waals surface area contributed by atoms with Crippen LogP contribution in [0.2, 0.25) is 0 Å². The Labute approximate surface area is 121 Å². The van der Waals surface area contributed by atoms with Crippen molar-refractivity contribution in [2.75, 3.05) is 20.2 Å². The Kier molecular flexibility index (Phi) is 5.39. The van der Waals surface area contributed by atoms with Gasteiger partial charge in [0.2, 0.25) is 0 Å². The lowest BCUT2D eigenvalue weighted by Gasteiger charge is -2.29. The van der Waals surface area contributed by atoms with E-state index >= 15 is 0 Å². The van der Waals surface area contributed by atoms with Crippen molar-refractivity contribution < 1.29 is 4.74 Å². The van der Waals surface area contributed by atoms with Crippen molar-refractivity contribution in [3.05, 3.63) is 48.7 Å². The molecule has 0 spiro atoms. The molecule has 1 heterocycles. The number of para-hydroxylation sites is 1. The Morgan fingerprint density at radius 2 is 2.20 bits per heavy atom. The standard InChI is InChI=1S/C17H24N2O/c1-4-10-19(11-5-2)17(20-3)12-14-13-18-16-9-7-6-8-15(14)16/h4,6-9,13,17-18H,1,5,10-12H2,2-3H3. The van der Waals surface area contributed by atoms with Crippen molar-refractivity contribution in [2.24, 2.45) is 0 Å². The quantitative estimate of drug-likeness (QED) is 0.587. The van der Waals surface area contributed by atoms with Crippen molar-refractivity contribution in [2.45, 2.75) is 26.0 Å². The van der Waals surface area contributed by atoms with E-state index in [0.717, 1.165) is 25.9 Å². The number of H-pyrrole nitrogens is 1. The van der Waals surface area contributed by atoms with Crippen LogP contribution in [0.4, 0.5) is 0 Å². The first-order chi connectivity index (χ1) is 9.80. The number of nitrogens with one attached hydrogen (secondary N) is 1. The van der Waals surface area contributed by atoms with Gasteiger partial charge < -0.3 is 9.72 Å². The van der Waals surface area contributed by atoms with Gasteiger partial charge in [0.05, 0.1) is 0 Å². The SMILES string of the molecule is C=CCN(CCC)C(Cc1c[nH]c2ccccc12)OC. The summed E-state index contributed by atoms with van der Waals surface area (Å²) in [6.07, 6.45) is 6.12. The minimum atomic E-state index is 0.0900. The molecule has 1 N–H and O–H groups in total. The highest BCUT2D eigenvalue weighted by Gasteiger charge is 2.18. The van der Waals surface area contributed by atoms with Gasteiger partial charge in [-0.3, -0.25) is 4.90 Å². The van der Waals surface area contributed by atoms with Crippen molar-refractivity contribution >= 4 is 10.9 Å². The zero-order valence-corrected chi connectivity index (χ0v) is 12.4. The van der Waals surface area contributed by atoms with Gasteiger partial charge in [-0.05, 0) is 18.1 Å². The third-order valence-electron chi connectivity index (χ3n) is 3.62. The summed E-state index contributed by atoms with van der Waals surface area (Å²) < 4.78 is 5.70. The van der Waals surface area contributed by atoms with E-state index in [4.69, 9.17) is 4.74 Å². The van der Waals surface area contributed by atoms with Crippen molar-refractivity contribution in [1.29, 1.82) is 0 Å². The number of aromatic nitrogens is 1. The molecule has 0 fully saturated rings. The summed E-state index contributed by atoms with van der Waals surface area (Å²) in [4.78, 5) is 5.65. The first-order valence-corrected chi connectivity index (χ1v) is 7.22. The van der Waals surface area contributed by atoms with E-state index in [1.807, 2.05) is 6.08 Å². The highest BCUT2D eigenvalue weighted by molar-refractivity contribution is 5.83. The maximum atomic E-state index is 5.70. The second-order valence-electron chi connectivity index (χ2n) is 5.04. The van der Waals surface area contributed by atoms with Crippen LogP contribution in [0.15, 0.2) is 43.1 Å². The topological polar surface area (TPSA) is 28.3 Å². The molecule has 108 valence electrons. The fourth-order valence-corrected chi connectivity index (χ4v) is 2.66. The number of ether oxygens (including phenoxy) is 1. The minimum Gasteiger partial charge on any atom is -0.366 e. The summed E-state index contributed by atoms with van der Waals surface area (Å²) in [6.45, 7) is 7.91. The van der Waals surface area contributed by atoms with E-state index in [9.17, 15) is 0 Å². The Morgan fingerprint density at radius 1 is 1.40 bits per heavy atom. The zero-order chi connectivity index (χ0) is 14.4. The minimum absolute atomic E-state index is 0.0900. The van der Waals surface area contributed by atoms with Crippen LogP contribution in [0.1, 0.15) is 18.9 Å². The molecule has 0 aliphatic carbocycles. The molecule has 1 aromatic heterocycles. The molecule has 0 saturated carbocycles. The van der Waals surface area contributed by atoms with Gasteiger partial charge in [-0.1, -0.05) is 31.2 Å². The van der Waals surface area contributed by atoms with Crippen molar-refractivity contribution in [1.82, 2.24) is 9.88 Å². The second-order valence-corrected chi connectivity index (χ2v) is 5.04. The number of nitrogens with zero attached hydrogens (tertiary/aromatic N) is 1. The average molecular weight is 272 g/mol. The fraction of sp³-hybridized carbons (Fsp3) is 0.412. The number of hydrogen-bond acceptors (Lipinski definition) is 2. The highest BCUT2D eigenvalue weighted by atomic mass is 16.5. The molecule has 0 saturated heterocycles. The van der Waals surface area contributed by atoms with Crippen LogP contribution in [0.25, 0.3) is 10.9 Å². The second kappa shape index (κ2) is 7.27. The van der Waals surface area contributed by atoms with E-state index in [1.54, 1.807) is 7.11 Å². The molecule has 3 heteroatoms. The van der Waals surface area contributed by atoms with Crippen LogP contribution in [0, 0.1) is 0 Å². The van der Waals surface area contributed by atoms with E-state index < -0.39 is 0 Å². The first kappa shape index (κ1) is 14.8. The maximum absolute atomic E-state index is 5.70. The largest absolute Gasteiger partial charge is 0.366 e. The molecule has 1 atom stereocenters. The number of aromatic amines is 1. The molecule has 0 radical (unpaired) electrons. The van der Waals surface area contributed by atoms with Crippen molar-refractivity contribution in [3.63, 3.8) is 0 Å². The molecule has 2 rings (SSSR count). The van der Waals surface area contributed by atoms with Crippen LogP contribution in [-0.2, 0) is 11.2 Å². The van der Waals surface area contributed by atoms with Gasteiger partial charge in [0.25, 0.3) is 0 Å². The number of hydrogen-bond donors (Lipinski definition) is 1. The van der Waals surface area contributed by atoms with Gasteiger partial charge in [0.15, 0.2) is 0 Å². The molecule has 3 nitrogen and oxygen atoms in total. The van der Waals surface area contributed by atoms with Gasteiger partial charge in [-0.2, -0.15) is 0 Å². The van der Waals surface area contributed by atoms with Crippen LogP contribution in [0.5, 0.6) is 0 Å². The Morgan fingerprint density at radius 3 is 2.90 bits per heavy atom. The fourth-order valence-electron chi connectivity index (χ4n) is 2.66. The van der Waals surface area contributed by atoms with Gasteiger partial charge >= 0.3 is 0 Å². The summed E-state index contributed by atoms with van der Waals surface area (Å²) in [7, 11) is 1.78. The Bertz CT molecular complexity index is 547. The molecule has 1 aromatic carbocycles. The van der Waals surface area contributed by atoms with E-state index in [0.29, 0.717) is 0 Å². The predicted molar refractivity (Wildman–Crippen MR) is 84.9 cm³/mol. The van der Waals surface area contributed by atoms with Gasteiger partial charge in [-0.25, -0.2) is 0 Å². The van der Waals surface area contributed by atoms with E-state index in [1.165, 1.54) is 16.5 Å². The molecule has 1 unspecified atom stereocenters. The molecular formula is C17H24N2O. The smallest absolute Gasteiger partial charge is 0.114 e. The van der Waals surface area contributed by atoms with Gasteiger partial charge in [0, 0.05) is 43.7 Å². The van der Waals surface area contributed by atoms with Gasteiger partial charge in [-0.15, -0.1) is 6.58 Å². The predicted octanol–water partition coefficient (Wildman–Crippen LogP) is 3.58. The average Bonchev–Trinajstić information content (AvgIpc) is 2.88. The molecule has 0 aliphatic rings. The third kappa shape index (κ3) is 3.30. The van der Waals surface area contributed by atoms with E-state index in [-0.39, 0.29) is 6.23 Å². The molecule has 2 aromatic rings. The Hall–Kier alpha value is -1.58. The lowest BCUT2D eigenvalue weighted by Crippen LogP contribution is -2.39. The number of benzene rings is 1. The van der Waals surface area contributed by atoms with Crippen molar-refractivity contribution in [3.8, 4) is 0 Å². The molecule has 0 bridgehead atoms. The van der Waals surface area contributed by atoms with Crippen LogP contribution in [-0.4, -0.2) is 36.3 Å². The van der Waals surface area contributed by atoms with Gasteiger partial charge in [0.1, 0.15) is 6.23 Å². The van der Waals surface area contributed by atoms with Crippen LogP contribution < -0.4 is 0 Å². The molecule has 0 amide bonds. The zero-order valence-electron chi connectivity index (χ0n) is 12.4. The lowest BCUT2D eigenvalue weighted by molar-refractivity contribution is -0.0251. The van der Waals surface area contributed by atoms with Crippen LogP contribution in [0.3, 0.4) is 0 Å². The summed E-state index contributed by atoms with van der Waals surface area (Å²) in [5.74, 6) is 0. The molecule has 20 heavy (non-hydrogen) atoms. The third-order valence-corrected chi connectivity index (χ3v) is 3.62. The lowest BCUT2D eigenvalue weighted by atomic mass is 10.1. The summed E-state index contributed by atoms with van der Waals surface area (Å²) >= 11 is 0. The first-order valence-electron chi connectivity index (χ1n) is 7.22.